The van der Waals surface area contributed by atoms with Crippen molar-refractivity contribution in [3.63, 3.8) is 0 Å². The summed E-state index contributed by atoms with van der Waals surface area (Å²) in [6, 6.07) is 18.8. The molecular formula is C18H11N3S. The Labute approximate surface area is 130 Å². The quantitative estimate of drug-likeness (QED) is 0.446. The summed E-state index contributed by atoms with van der Waals surface area (Å²) in [7, 11) is 0. The number of hydrogen-bond acceptors (Lipinski definition) is 3. The van der Waals surface area contributed by atoms with E-state index in [9.17, 15) is 0 Å². The number of para-hydroxylation sites is 1. The number of rotatable bonds is 1. The molecule has 0 saturated heterocycles. The topological polar surface area (TPSA) is 30.7 Å². The van der Waals surface area contributed by atoms with Gasteiger partial charge in [-0.1, -0.05) is 36.4 Å². The van der Waals surface area contributed by atoms with E-state index in [1.807, 2.05) is 17.4 Å². The number of hydrogen-bond donors (Lipinski definition) is 0. The van der Waals surface area contributed by atoms with Gasteiger partial charge < -0.3 is 0 Å². The van der Waals surface area contributed by atoms with Gasteiger partial charge in [-0.15, -0.1) is 11.3 Å². The van der Waals surface area contributed by atoms with Crippen LogP contribution in [-0.2, 0) is 0 Å². The molecule has 0 aliphatic heterocycles. The summed E-state index contributed by atoms with van der Waals surface area (Å²) >= 11 is 1.83. The molecule has 0 spiro atoms. The highest BCUT2D eigenvalue weighted by atomic mass is 32.1. The first-order chi connectivity index (χ1) is 10.9. The zero-order valence-electron chi connectivity index (χ0n) is 11.6. The highest BCUT2D eigenvalue weighted by molar-refractivity contribution is 7.26. The molecule has 104 valence electrons. The van der Waals surface area contributed by atoms with E-state index in [-0.39, 0.29) is 0 Å². The van der Waals surface area contributed by atoms with Crippen LogP contribution in [0.2, 0.25) is 0 Å². The van der Waals surface area contributed by atoms with Crippen LogP contribution in [0.25, 0.3) is 37.2 Å². The second-order valence-electron chi connectivity index (χ2n) is 5.18. The fourth-order valence-electron chi connectivity index (χ4n) is 3.03. The second kappa shape index (κ2) is 4.39. The van der Waals surface area contributed by atoms with Crippen LogP contribution in [0.4, 0.5) is 0 Å². The second-order valence-corrected chi connectivity index (χ2v) is 6.23. The zero-order valence-corrected chi connectivity index (χ0v) is 12.4. The van der Waals surface area contributed by atoms with Crippen molar-refractivity contribution in [2.45, 2.75) is 0 Å². The van der Waals surface area contributed by atoms with Crippen LogP contribution in [0, 0.1) is 0 Å². The highest BCUT2D eigenvalue weighted by Crippen LogP contribution is 2.41. The smallest absolute Gasteiger partial charge is 0.234 e. The van der Waals surface area contributed by atoms with Crippen molar-refractivity contribution in [2.24, 2.45) is 0 Å². The molecule has 0 saturated carbocycles. The Morgan fingerprint density at radius 1 is 0.773 bits per heavy atom. The minimum Gasteiger partial charge on any atom is -0.276 e. The van der Waals surface area contributed by atoms with Crippen LogP contribution in [0.3, 0.4) is 0 Å². The van der Waals surface area contributed by atoms with Crippen LogP contribution in [0.15, 0.2) is 67.0 Å². The Morgan fingerprint density at radius 3 is 2.36 bits per heavy atom. The number of thiophene rings is 1. The molecule has 0 aliphatic rings. The van der Waals surface area contributed by atoms with Gasteiger partial charge in [0.2, 0.25) is 5.95 Å². The van der Waals surface area contributed by atoms with Crippen LogP contribution < -0.4 is 0 Å². The van der Waals surface area contributed by atoms with E-state index in [0.29, 0.717) is 0 Å². The maximum Gasteiger partial charge on any atom is 0.234 e. The minimum absolute atomic E-state index is 0.720. The van der Waals surface area contributed by atoms with Crippen LogP contribution in [0.5, 0.6) is 0 Å². The molecule has 0 aliphatic carbocycles. The average molecular weight is 301 g/mol. The van der Waals surface area contributed by atoms with E-state index in [0.717, 1.165) is 11.5 Å². The van der Waals surface area contributed by atoms with Gasteiger partial charge in [-0.3, -0.25) is 4.57 Å². The molecule has 0 atom stereocenters. The third kappa shape index (κ3) is 1.50. The summed E-state index contributed by atoms with van der Waals surface area (Å²) in [5.41, 5.74) is 2.36. The molecule has 0 unspecified atom stereocenters. The number of aromatic nitrogens is 3. The van der Waals surface area contributed by atoms with Crippen LogP contribution in [-0.4, -0.2) is 14.5 Å². The van der Waals surface area contributed by atoms with E-state index < -0.39 is 0 Å². The van der Waals surface area contributed by atoms with E-state index in [4.69, 9.17) is 0 Å². The van der Waals surface area contributed by atoms with Gasteiger partial charge in [0, 0.05) is 27.9 Å². The molecule has 4 heteroatoms. The van der Waals surface area contributed by atoms with Gasteiger partial charge in [-0.05, 0) is 18.2 Å². The fourth-order valence-corrected chi connectivity index (χ4v) is 4.25. The lowest BCUT2D eigenvalue weighted by Crippen LogP contribution is -1.99. The normalized spacial score (nSPS) is 11.6. The van der Waals surface area contributed by atoms with E-state index >= 15 is 0 Å². The van der Waals surface area contributed by atoms with E-state index in [1.165, 1.54) is 25.7 Å². The van der Waals surface area contributed by atoms with Crippen LogP contribution >= 0.6 is 11.3 Å². The first-order valence-electron chi connectivity index (χ1n) is 7.11. The molecule has 0 amide bonds. The van der Waals surface area contributed by atoms with Gasteiger partial charge in [-0.25, -0.2) is 9.97 Å². The van der Waals surface area contributed by atoms with Crippen molar-refractivity contribution in [3.05, 3.63) is 67.0 Å². The maximum absolute atomic E-state index is 4.46. The van der Waals surface area contributed by atoms with E-state index in [1.54, 1.807) is 12.4 Å². The average Bonchev–Trinajstić information content (AvgIpc) is 3.10. The van der Waals surface area contributed by atoms with Gasteiger partial charge in [0.25, 0.3) is 0 Å². The third-order valence-electron chi connectivity index (χ3n) is 3.93. The lowest BCUT2D eigenvalue weighted by atomic mass is 10.2. The van der Waals surface area contributed by atoms with Crippen molar-refractivity contribution < 1.29 is 0 Å². The Hall–Kier alpha value is -2.72. The molecule has 5 rings (SSSR count). The SMILES string of the molecule is c1cnc(-n2c3ccccc3c3sc4ccccc4c32)nc1. The van der Waals surface area contributed by atoms with Gasteiger partial charge in [0.15, 0.2) is 0 Å². The summed E-state index contributed by atoms with van der Waals surface area (Å²) < 4.78 is 4.76. The molecule has 2 aromatic carbocycles. The van der Waals surface area contributed by atoms with Crippen molar-refractivity contribution in [1.82, 2.24) is 14.5 Å². The Balaban J connectivity index is 2.08. The van der Waals surface area contributed by atoms with Crippen LogP contribution in [0.1, 0.15) is 0 Å². The highest BCUT2D eigenvalue weighted by Gasteiger charge is 2.17. The molecule has 0 radical (unpaired) electrons. The van der Waals surface area contributed by atoms with Crippen molar-refractivity contribution >= 4 is 42.5 Å². The largest absolute Gasteiger partial charge is 0.276 e. The van der Waals surface area contributed by atoms with E-state index in [2.05, 4.69) is 63.1 Å². The number of nitrogens with zero attached hydrogens (tertiary/aromatic N) is 3. The summed E-state index contributed by atoms with van der Waals surface area (Å²) in [6.45, 7) is 0. The molecule has 0 bridgehead atoms. The molecular weight excluding hydrogens is 290 g/mol. The fraction of sp³-hybridized carbons (Fsp3) is 0. The first-order valence-corrected chi connectivity index (χ1v) is 7.93. The van der Waals surface area contributed by atoms with Gasteiger partial charge in [0.05, 0.1) is 15.7 Å². The number of fused-ring (bicyclic) bond motifs is 5. The lowest BCUT2D eigenvalue weighted by molar-refractivity contribution is 0.991. The summed E-state index contributed by atoms with van der Waals surface area (Å²) in [5, 5.41) is 2.51. The summed E-state index contributed by atoms with van der Waals surface area (Å²) in [5.74, 6) is 0.720. The maximum atomic E-state index is 4.46. The predicted octanol–water partition coefficient (Wildman–Crippen LogP) is 4.79. The minimum atomic E-state index is 0.720. The third-order valence-corrected chi connectivity index (χ3v) is 5.13. The Bertz CT molecular complexity index is 1120. The van der Waals surface area contributed by atoms with Gasteiger partial charge in [0.1, 0.15) is 0 Å². The van der Waals surface area contributed by atoms with Crippen molar-refractivity contribution in [2.75, 3.05) is 0 Å². The molecule has 0 fully saturated rings. The lowest BCUT2D eigenvalue weighted by Gasteiger charge is -2.04. The molecule has 3 heterocycles. The van der Waals surface area contributed by atoms with Crippen molar-refractivity contribution in [3.8, 4) is 5.95 Å². The summed E-state index contributed by atoms with van der Waals surface area (Å²) in [4.78, 5) is 8.93. The monoisotopic (exact) mass is 301 g/mol. The molecule has 0 N–H and O–H groups in total. The zero-order chi connectivity index (χ0) is 14.5. The number of benzene rings is 2. The Kier molecular flexibility index (Phi) is 2.37. The standard InChI is InChI=1S/C18H11N3S/c1-3-8-14-12(6-1)17-16(13-7-2-4-9-15(13)22-17)21(14)18-19-10-5-11-20-18/h1-11H. The predicted molar refractivity (Wildman–Crippen MR) is 91.8 cm³/mol. The Morgan fingerprint density at radius 2 is 1.50 bits per heavy atom. The summed E-state index contributed by atoms with van der Waals surface area (Å²) in [6.07, 6.45) is 3.58. The van der Waals surface area contributed by atoms with Gasteiger partial charge in [-0.2, -0.15) is 0 Å². The molecule has 5 aromatic rings. The molecule has 22 heavy (non-hydrogen) atoms. The first kappa shape index (κ1) is 11.9. The molecule has 3 nitrogen and oxygen atoms in total. The van der Waals surface area contributed by atoms with Crippen molar-refractivity contribution in [1.29, 1.82) is 0 Å². The van der Waals surface area contributed by atoms with Gasteiger partial charge >= 0.3 is 0 Å². The molecule has 3 aromatic heterocycles.